The van der Waals surface area contributed by atoms with Gasteiger partial charge in [0.2, 0.25) is 0 Å². The highest BCUT2D eigenvalue weighted by atomic mass is 16.6. The van der Waals surface area contributed by atoms with Crippen molar-refractivity contribution in [2.75, 3.05) is 20.3 Å². The SMILES string of the molecule is C[C@@H](c1ccon1)N(C)Cc1cn(C)nc1-c1ccc2c(c1)OCCO2. The zero-order chi connectivity index (χ0) is 18.1. The van der Waals surface area contributed by atoms with E-state index in [1.807, 2.05) is 36.0 Å². The zero-order valence-electron chi connectivity index (χ0n) is 15.2. The van der Waals surface area contributed by atoms with Crippen LogP contribution >= 0.6 is 0 Å². The molecule has 2 aromatic heterocycles. The first-order valence-electron chi connectivity index (χ1n) is 8.65. The Morgan fingerprint density at radius 1 is 1.19 bits per heavy atom. The van der Waals surface area contributed by atoms with E-state index in [2.05, 4.69) is 35.3 Å². The van der Waals surface area contributed by atoms with Gasteiger partial charge in [0.25, 0.3) is 0 Å². The van der Waals surface area contributed by atoms with E-state index in [-0.39, 0.29) is 6.04 Å². The van der Waals surface area contributed by atoms with Gasteiger partial charge in [-0.05, 0) is 32.2 Å². The van der Waals surface area contributed by atoms with Crippen LogP contribution in [0.5, 0.6) is 11.5 Å². The van der Waals surface area contributed by atoms with E-state index in [0.717, 1.165) is 40.6 Å². The van der Waals surface area contributed by atoms with Crippen molar-refractivity contribution in [2.24, 2.45) is 7.05 Å². The minimum atomic E-state index is 0.141. The van der Waals surface area contributed by atoms with Crippen LogP contribution in [0.3, 0.4) is 0 Å². The summed E-state index contributed by atoms with van der Waals surface area (Å²) in [4.78, 5) is 2.22. The van der Waals surface area contributed by atoms with Gasteiger partial charge in [0.15, 0.2) is 11.5 Å². The highest BCUT2D eigenvalue weighted by Gasteiger charge is 2.20. The summed E-state index contributed by atoms with van der Waals surface area (Å²) in [5, 5.41) is 8.71. The fourth-order valence-corrected chi connectivity index (χ4v) is 3.16. The molecule has 0 saturated heterocycles. The molecule has 0 saturated carbocycles. The minimum Gasteiger partial charge on any atom is -0.486 e. The predicted octanol–water partition coefficient (Wildman–Crippen LogP) is 3.04. The molecule has 1 atom stereocenters. The first-order chi connectivity index (χ1) is 12.6. The van der Waals surface area contributed by atoms with Crippen molar-refractivity contribution in [3.63, 3.8) is 0 Å². The van der Waals surface area contributed by atoms with Gasteiger partial charge in [0, 0.05) is 37.0 Å². The van der Waals surface area contributed by atoms with Gasteiger partial charge in [-0.25, -0.2) is 0 Å². The second kappa shape index (κ2) is 6.84. The number of ether oxygens (including phenoxy) is 2. The average molecular weight is 354 g/mol. The molecule has 0 radical (unpaired) electrons. The number of fused-ring (bicyclic) bond motifs is 1. The number of aromatic nitrogens is 3. The molecule has 1 aliphatic heterocycles. The molecular formula is C19H22N4O3. The molecule has 0 N–H and O–H groups in total. The topological polar surface area (TPSA) is 65.6 Å². The summed E-state index contributed by atoms with van der Waals surface area (Å²) < 4.78 is 18.1. The van der Waals surface area contributed by atoms with Crippen LogP contribution in [0.2, 0.25) is 0 Å². The highest BCUT2D eigenvalue weighted by molar-refractivity contribution is 5.66. The normalized spacial score (nSPS) is 14.6. The Labute approximate surface area is 152 Å². The number of aryl methyl sites for hydroxylation is 1. The summed E-state index contributed by atoms with van der Waals surface area (Å²) >= 11 is 0. The summed E-state index contributed by atoms with van der Waals surface area (Å²) in [6.07, 6.45) is 3.66. The Balaban J connectivity index is 1.61. The Kier molecular flexibility index (Phi) is 4.38. The maximum Gasteiger partial charge on any atom is 0.162 e. The number of rotatable bonds is 5. The van der Waals surface area contributed by atoms with E-state index >= 15 is 0 Å². The van der Waals surface area contributed by atoms with E-state index in [1.165, 1.54) is 0 Å². The fraction of sp³-hybridized carbons (Fsp3) is 0.368. The van der Waals surface area contributed by atoms with Crippen LogP contribution in [0.1, 0.15) is 24.2 Å². The summed E-state index contributed by atoms with van der Waals surface area (Å²) in [6, 6.07) is 8.01. The van der Waals surface area contributed by atoms with Gasteiger partial charge < -0.3 is 14.0 Å². The molecule has 3 aromatic rings. The molecule has 7 heteroatoms. The Bertz CT molecular complexity index is 888. The minimum absolute atomic E-state index is 0.141. The van der Waals surface area contributed by atoms with Crippen LogP contribution in [0.25, 0.3) is 11.3 Å². The number of nitrogens with zero attached hydrogens (tertiary/aromatic N) is 4. The average Bonchev–Trinajstić information content (AvgIpc) is 3.30. The lowest BCUT2D eigenvalue weighted by molar-refractivity contribution is 0.171. The molecule has 3 heterocycles. The van der Waals surface area contributed by atoms with Gasteiger partial charge in [0.05, 0.1) is 11.7 Å². The third-order valence-electron chi connectivity index (χ3n) is 4.69. The fourth-order valence-electron chi connectivity index (χ4n) is 3.16. The van der Waals surface area contributed by atoms with Crippen molar-refractivity contribution < 1.29 is 14.0 Å². The molecule has 7 nitrogen and oxygen atoms in total. The number of hydrogen-bond donors (Lipinski definition) is 0. The van der Waals surface area contributed by atoms with Gasteiger partial charge in [-0.1, -0.05) is 5.16 Å². The number of hydrogen-bond acceptors (Lipinski definition) is 6. The van der Waals surface area contributed by atoms with Crippen molar-refractivity contribution in [1.82, 2.24) is 19.8 Å². The van der Waals surface area contributed by atoms with Crippen molar-refractivity contribution in [3.05, 3.63) is 48.0 Å². The van der Waals surface area contributed by atoms with Crippen LogP contribution in [0.4, 0.5) is 0 Å². The van der Waals surface area contributed by atoms with Crippen LogP contribution in [0, 0.1) is 0 Å². The second-order valence-corrected chi connectivity index (χ2v) is 6.55. The third kappa shape index (κ3) is 3.17. The lowest BCUT2D eigenvalue weighted by Crippen LogP contribution is -2.22. The molecule has 0 bridgehead atoms. The summed E-state index contributed by atoms with van der Waals surface area (Å²) in [5.74, 6) is 1.56. The van der Waals surface area contributed by atoms with E-state index < -0.39 is 0 Å². The van der Waals surface area contributed by atoms with Gasteiger partial charge in [-0.3, -0.25) is 9.58 Å². The van der Waals surface area contributed by atoms with Gasteiger partial charge in [-0.15, -0.1) is 0 Å². The van der Waals surface area contributed by atoms with E-state index in [4.69, 9.17) is 14.0 Å². The van der Waals surface area contributed by atoms with E-state index in [0.29, 0.717) is 13.2 Å². The highest BCUT2D eigenvalue weighted by Crippen LogP contribution is 2.35. The van der Waals surface area contributed by atoms with Crippen molar-refractivity contribution in [2.45, 2.75) is 19.5 Å². The Morgan fingerprint density at radius 2 is 2.00 bits per heavy atom. The van der Waals surface area contributed by atoms with Crippen LogP contribution in [0.15, 0.2) is 41.2 Å². The third-order valence-corrected chi connectivity index (χ3v) is 4.69. The molecule has 4 rings (SSSR count). The molecule has 0 aliphatic carbocycles. The summed E-state index contributed by atoms with van der Waals surface area (Å²) in [6.45, 7) is 4.01. The predicted molar refractivity (Wildman–Crippen MR) is 96.0 cm³/mol. The van der Waals surface area contributed by atoms with Crippen molar-refractivity contribution >= 4 is 0 Å². The molecule has 26 heavy (non-hydrogen) atoms. The smallest absolute Gasteiger partial charge is 0.162 e. The van der Waals surface area contributed by atoms with Gasteiger partial charge in [0.1, 0.15) is 25.2 Å². The molecule has 1 aromatic carbocycles. The van der Waals surface area contributed by atoms with Gasteiger partial charge >= 0.3 is 0 Å². The van der Waals surface area contributed by atoms with Crippen molar-refractivity contribution in [3.8, 4) is 22.8 Å². The monoisotopic (exact) mass is 354 g/mol. The molecule has 0 unspecified atom stereocenters. The lowest BCUT2D eigenvalue weighted by Gasteiger charge is -2.23. The first kappa shape index (κ1) is 16.7. The van der Waals surface area contributed by atoms with Crippen LogP contribution in [-0.2, 0) is 13.6 Å². The lowest BCUT2D eigenvalue weighted by atomic mass is 10.1. The van der Waals surface area contributed by atoms with E-state index in [1.54, 1.807) is 6.26 Å². The maximum atomic E-state index is 5.71. The van der Waals surface area contributed by atoms with E-state index in [9.17, 15) is 0 Å². The summed E-state index contributed by atoms with van der Waals surface area (Å²) in [5.41, 5.74) is 4.02. The quantitative estimate of drug-likeness (QED) is 0.702. The largest absolute Gasteiger partial charge is 0.486 e. The molecule has 0 amide bonds. The molecule has 0 fully saturated rings. The number of benzene rings is 1. The van der Waals surface area contributed by atoms with Crippen LogP contribution < -0.4 is 9.47 Å². The maximum absolute atomic E-state index is 5.71. The Hall–Kier alpha value is -2.80. The summed E-state index contributed by atoms with van der Waals surface area (Å²) in [7, 11) is 4.01. The molecule has 1 aliphatic rings. The molecular weight excluding hydrogens is 332 g/mol. The first-order valence-corrected chi connectivity index (χ1v) is 8.65. The second-order valence-electron chi connectivity index (χ2n) is 6.55. The standard InChI is InChI=1S/C19H22N4O3/c1-13(16-6-7-26-21-16)22(2)11-15-12-23(3)20-19(15)14-4-5-17-18(10-14)25-9-8-24-17/h4-7,10,12-13H,8-9,11H2,1-3H3/t13-/m0/s1. The zero-order valence-corrected chi connectivity index (χ0v) is 15.2. The Morgan fingerprint density at radius 3 is 2.77 bits per heavy atom. The van der Waals surface area contributed by atoms with Gasteiger partial charge in [-0.2, -0.15) is 5.10 Å². The molecule has 0 spiro atoms. The molecule has 136 valence electrons. The van der Waals surface area contributed by atoms with Crippen molar-refractivity contribution in [1.29, 1.82) is 0 Å². The van der Waals surface area contributed by atoms with Crippen LogP contribution in [-0.4, -0.2) is 40.1 Å².